The van der Waals surface area contributed by atoms with E-state index < -0.39 is 0 Å². The summed E-state index contributed by atoms with van der Waals surface area (Å²) in [6.07, 6.45) is 3.65. The summed E-state index contributed by atoms with van der Waals surface area (Å²) in [5.74, 6) is 2.16. The van der Waals surface area contributed by atoms with Crippen molar-refractivity contribution >= 4 is 16.7 Å². The Morgan fingerprint density at radius 3 is 2.81 bits per heavy atom. The lowest BCUT2D eigenvalue weighted by Gasteiger charge is -2.33. The third-order valence-corrected chi connectivity index (χ3v) is 4.60. The van der Waals surface area contributed by atoms with Crippen molar-refractivity contribution in [2.75, 3.05) is 5.32 Å². The van der Waals surface area contributed by atoms with E-state index in [1.54, 1.807) is 0 Å². The van der Waals surface area contributed by atoms with Crippen LogP contribution in [0.15, 0.2) is 30.3 Å². The van der Waals surface area contributed by atoms with E-state index in [-0.39, 0.29) is 0 Å². The molecule has 3 unspecified atom stereocenters. The molecule has 0 spiro atoms. The van der Waals surface area contributed by atoms with Crippen LogP contribution in [0, 0.1) is 23.2 Å². The van der Waals surface area contributed by atoms with Gasteiger partial charge < -0.3 is 5.32 Å². The largest absolute Gasteiger partial charge is 0.366 e. The first kappa shape index (κ1) is 13.9. The van der Waals surface area contributed by atoms with Gasteiger partial charge in [-0.05, 0) is 43.2 Å². The standard InChI is InChI=1S/C18H21N3/c1-12-7-8-16(13(2)9-12)20-18-15(11-19)10-14-5-3-4-6-17(14)21-18/h3-6,10,12-13,16H,7-9H2,1-2H3,(H,20,21). The second kappa shape index (κ2) is 5.73. The molecule has 0 aliphatic heterocycles. The molecule has 1 aromatic heterocycles. The molecule has 2 aromatic rings. The summed E-state index contributed by atoms with van der Waals surface area (Å²) >= 11 is 0. The first-order valence-electron chi connectivity index (χ1n) is 7.74. The van der Waals surface area contributed by atoms with Crippen molar-refractivity contribution in [2.24, 2.45) is 11.8 Å². The molecule has 1 heterocycles. The fourth-order valence-electron chi connectivity index (χ4n) is 3.37. The number of nitriles is 1. The maximum atomic E-state index is 9.39. The molecule has 1 aliphatic rings. The van der Waals surface area contributed by atoms with E-state index in [0.29, 0.717) is 17.5 Å². The molecule has 3 rings (SSSR count). The highest BCUT2D eigenvalue weighted by Crippen LogP contribution is 2.31. The smallest absolute Gasteiger partial charge is 0.144 e. The van der Waals surface area contributed by atoms with E-state index in [1.165, 1.54) is 12.8 Å². The van der Waals surface area contributed by atoms with Crippen LogP contribution in [0.1, 0.15) is 38.7 Å². The highest BCUT2D eigenvalue weighted by Gasteiger charge is 2.26. The zero-order valence-corrected chi connectivity index (χ0v) is 12.6. The normalized spacial score (nSPS) is 25.5. The van der Waals surface area contributed by atoms with E-state index in [1.807, 2.05) is 30.3 Å². The number of hydrogen-bond acceptors (Lipinski definition) is 3. The topological polar surface area (TPSA) is 48.7 Å². The van der Waals surface area contributed by atoms with Crippen molar-refractivity contribution in [2.45, 2.75) is 39.2 Å². The second-order valence-electron chi connectivity index (χ2n) is 6.34. The molecular formula is C18H21N3. The Morgan fingerprint density at radius 1 is 1.24 bits per heavy atom. The Balaban J connectivity index is 1.91. The van der Waals surface area contributed by atoms with Crippen molar-refractivity contribution < 1.29 is 0 Å². The number of pyridine rings is 1. The average molecular weight is 279 g/mol. The van der Waals surface area contributed by atoms with Gasteiger partial charge in [-0.2, -0.15) is 5.26 Å². The number of rotatable bonds is 2. The number of nitrogens with one attached hydrogen (secondary N) is 1. The van der Waals surface area contributed by atoms with Crippen LogP contribution in [0.2, 0.25) is 0 Å². The zero-order valence-electron chi connectivity index (χ0n) is 12.6. The minimum Gasteiger partial charge on any atom is -0.366 e. The molecule has 0 saturated heterocycles. The third kappa shape index (κ3) is 2.85. The van der Waals surface area contributed by atoms with Gasteiger partial charge in [-0.15, -0.1) is 0 Å². The van der Waals surface area contributed by atoms with Crippen LogP contribution >= 0.6 is 0 Å². The van der Waals surface area contributed by atoms with Crippen LogP contribution < -0.4 is 5.32 Å². The van der Waals surface area contributed by atoms with Crippen LogP contribution in [0.4, 0.5) is 5.82 Å². The summed E-state index contributed by atoms with van der Waals surface area (Å²) < 4.78 is 0. The number of benzene rings is 1. The molecule has 1 fully saturated rings. The molecule has 1 saturated carbocycles. The molecule has 0 bridgehead atoms. The first-order chi connectivity index (χ1) is 10.2. The van der Waals surface area contributed by atoms with Crippen molar-refractivity contribution in [3.8, 4) is 6.07 Å². The van der Waals surface area contributed by atoms with E-state index in [0.717, 1.165) is 29.1 Å². The Kier molecular flexibility index (Phi) is 3.79. The predicted octanol–water partition coefficient (Wildman–Crippen LogP) is 4.34. The van der Waals surface area contributed by atoms with E-state index >= 15 is 0 Å². The van der Waals surface area contributed by atoms with Crippen molar-refractivity contribution in [3.63, 3.8) is 0 Å². The fraction of sp³-hybridized carbons (Fsp3) is 0.444. The molecule has 3 atom stereocenters. The van der Waals surface area contributed by atoms with Gasteiger partial charge in [0.2, 0.25) is 0 Å². The van der Waals surface area contributed by atoms with Gasteiger partial charge in [0.15, 0.2) is 0 Å². The highest BCUT2D eigenvalue weighted by molar-refractivity contribution is 5.82. The van der Waals surface area contributed by atoms with Gasteiger partial charge in [-0.1, -0.05) is 32.0 Å². The maximum Gasteiger partial charge on any atom is 0.144 e. The molecule has 21 heavy (non-hydrogen) atoms. The summed E-state index contributed by atoms with van der Waals surface area (Å²) in [5.41, 5.74) is 1.58. The molecule has 1 aromatic carbocycles. The van der Waals surface area contributed by atoms with E-state index in [2.05, 4.69) is 30.2 Å². The van der Waals surface area contributed by atoms with Gasteiger partial charge in [0.25, 0.3) is 0 Å². The SMILES string of the molecule is CC1CCC(Nc2nc3ccccc3cc2C#N)C(C)C1. The first-order valence-corrected chi connectivity index (χ1v) is 7.74. The summed E-state index contributed by atoms with van der Waals surface area (Å²) in [6.45, 7) is 4.61. The lowest BCUT2D eigenvalue weighted by atomic mass is 9.80. The quantitative estimate of drug-likeness (QED) is 0.889. The Labute approximate surface area is 126 Å². The number of anilines is 1. The summed E-state index contributed by atoms with van der Waals surface area (Å²) in [7, 11) is 0. The van der Waals surface area contributed by atoms with Gasteiger partial charge in [-0.3, -0.25) is 0 Å². The van der Waals surface area contributed by atoms with Crippen molar-refractivity contribution in [1.82, 2.24) is 4.98 Å². The lowest BCUT2D eigenvalue weighted by Crippen LogP contribution is -2.33. The van der Waals surface area contributed by atoms with Crippen LogP contribution in [-0.4, -0.2) is 11.0 Å². The molecule has 3 heteroatoms. The summed E-state index contributed by atoms with van der Waals surface area (Å²) in [6, 6.07) is 12.6. The molecule has 1 aliphatic carbocycles. The zero-order chi connectivity index (χ0) is 14.8. The van der Waals surface area contributed by atoms with Crippen molar-refractivity contribution in [1.29, 1.82) is 5.26 Å². The Bertz CT molecular complexity index is 686. The molecule has 0 radical (unpaired) electrons. The third-order valence-electron chi connectivity index (χ3n) is 4.60. The molecule has 1 N–H and O–H groups in total. The van der Waals surface area contributed by atoms with Gasteiger partial charge >= 0.3 is 0 Å². The van der Waals surface area contributed by atoms with E-state index in [4.69, 9.17) is 0 Å². The Hall–Kier alpha value is -2.08. The summed E-state index contributed by atoms with van der Waals surface area (Å²) in [5, 5.41) is 13.9. The second-order valence-corrected chi connectivity index (χ2v) is 6.34. The van der Waals surface area contributed by atoms with Gasteiger partial charge in [0.05, 0.1) is 11.1 Å². The minimum atomic E-state index is 0.418. The lowest BCUT2D eigenvalue weighted by molar-refractivity contribution is 0.276. The fourth-order valence-corrected chi connectivity index (χ4v) is 3.37. The maximum absolute atomic E-state index is 9.39. The highest BCUT2D eigenvalue weighted by atomic mass is 15.0. The predicted molar refractivity (Wildman–Crippen MR) is 86.0 cm³/mol. The molecule has 0 amide bonds. The number of aromatic nitrogens is 1. The van der Waals surface area contributed by atoms with Gasteiger partial charge in [0, 0.05) is 11.4 Å². The van der Waals surface area contributed by atoms with Crippen molar-refractivity contribution in [3.05, 3.63) is 35.9 Å². The van der Waals surface area contributed by atoms with Gasteiger partial charge in [-0.25, -0.2) is 4.98 Å². The molecule has 3 nitrogen and oxygen atoms in total. The molecular weight excluding hydrogens is 258 g/mol. The average Bonchev–Trinajstić information content (AvgIpc) is 2.49. The molecule has 108 valence electrons. The number of para-hydroxylation sites is 1. The van der Waals surface area contributed by atoms with Gasteiger partial charge in [0.1, 0.15) is 11.9 Å². The van der Waals surface area contributed by atoms with Crippen LogP contribution in [0.3, 0.4) is 0 Å². The number of hydrogen-bond donors (Lipinski definition) is 1. The van der Waals surface area contributed by atoms with E-state index in [9.17, 15) is 5.26 Å². The minimum absolute atomic E-state index is 0.418. The van der Waals surface area contributed by atoms with Crippen LogP contribution in [0.25, 0.3) is 10.9 Å². The monoisotopic (exact) mass is 279 g/mol. The number of fused-ring (bicyclic) bond motifs is 1. The van der Waals surface area contributed by atoms with Crippen LogP contribution in [0.5, 0.6) is 0 Å². The number of nitrogens with zero attached hydrogens (tertiary/aromatic N) is 2. The Morgan fingerprint density at radius 2 is 2.05 bits per heavy atom. The summed E-state index contributed by atoms with van der Waals surface area (Å²) in [4.78, 5) is 4.66. The van der Waals surface area contributed by atoms with Crippen LogP contribution in [-0.2, 0) is 0 Å².